The molecule has 3 amide bonds. The van der Waals surface area contributed by atoms with Gasteiger partial charge in [-0.2, -0.15) is 5.10 Å². The predicted molar refractivity (Wildman–Crippen MR) is 89.3 cm³/mol. The molecule has 1 aromatic heterocycles. The Balaban J connectivity index is 1.75. The third-order valence-electron chi connectivity index (χ3n) is 3.18. The van der Waals surface area contributed by atoms with Crippen LogP contribution in [0.15, 0.2) is 36.9 Å². The maximum atomic E-state index is 11.9. The number of methoxy groups -OCH3 is 1. The molecule has 26 heavy (non-hydrogen) atoms. The van der Waals surface area contributed by atoms with Gasteiger partial charge in [-0.15, -0.1) is 0 Å². The van der Waals surface area contributed by atoms with Crippen molar-refractivity contribution in [3.05, 3.63) is 48.0 Å². The van der Waals surface area contributed by atoms with Crippen LogP contribution >= 0.6 is 0 Å². The van der Waals surface area contributed by atoms with Gasteiger partial charge in [0.15, 0.2) is 6.61 Å². The second-order valence-corrected chi connectivity index (χ2v) is 5.16. The Morgan fingerprint density at radius 1 is 1.19 bits per heavy atom. The van der Waals surface area contributed by atoms with E-state index in [0.29, 0.717) is 18.7 Å². The fourth-order valence-corrected chi connectivity index (χ4v) is 1.94. The van der Waals surface area contributed by atoms with Gasteiger partial charge in [-0.25, -0.2) is 19.3 Å². The summed E-state index contributed by atoms with van der Waals surface area (Å²) in [6.07, 6.45) is 3.03. The molecule has 1 heterocycles. The number of carbonyl (C=O) groups is 3. The molecule has 0 atom stereocenters. The van der Waals surface area contributed by atoms with Crippen LogP contribution in [-0.2, 0) is 20.8 Å². The van der Waals surface area contributed by atoms with Crippen molar-refractivity contribution in [3.8, 4) is 0 Å². The number of aromatic nitrogens is 3. The first-order chi connectivity index (χ1) is 12.6. The number of benzene rings is 1. The largest absolute Gasteiger partial charge is 0.452 e. The minimum Gasteiger partial charge on any atom is -0.452 e. The van der Waals surface area contributed by atoms with Crippen molar-refractivity contribution in [1.82, 2.24) is 25.4 Å². The number of rotatable bonds is 8. The Morgan fingerprint density at radius 2 is 1.96 bits per heavy atom. The van der Waals surface area contributed by atoms with E-state index in [1.165, 1.54) is 13.4 Å². The molecule has 0 radical (unpaired) electrons. The zero-order chi connectivity index (χ0) is 18.8. The fourth-order valence-electron chi connectivity index (χ4n) is 1.94. The number of carbonyl (C=O) groups excluding carboxylic acids is 3. The van der Waals surface area contributed by atoms with E-state index in [0.717, 1.165) is 5.56 Å². The normalized spacial score (nSPS) is 10.2. The summed E-state index contributed by atoms with van der Waals surface area (Å²) < 4.78 is 11.3. The smallest absolute Gasteiger partial charge is 0.338 e. The number of amides is 3. The van der Waals surface area contributed by atoms with Gasteiger partial charge >= 0.3 is 12.0 Å². The number of esters is 1. The zero-order valence-electron chi connectivity index (χ0n) is 14.2. The first-order valence-corrected chi connectivity index (χ1v) is 7.73. The van der Waals surface area contributed by atoms with Crippen LogP contribution in [0.5, 0.6) is 0 Å². The fraction of sp³-hybridized carbons (Fsp3) is 0.312. The summed E-state index contributed by atoms with van der Waals surface area (Å²) in [7, 11) is 1.49. The van der Waals surface area contributed by atoms with Crippen LogP contribution in [0.4, 0.5) is 4.79 Å². The highest BCUT2D eigenvalue weighted by atomic mass is 16.5. The van der Waals surface area contributed by atoms with E-state index in [2.05, 4.69) is 15.4 Å². The van der Waals surface area contributed by atoms with E-state index < -0.39 is 24.5 Å². The summed E-state index contributed by atoms with van der Waals surface area (Å²) in [6, 6.07) is 6.00. The van der Waals surface area contributed by atoms with Gasteiger partial charge in [0.25, 0.3) is 5.91 Å². The van der Waals surface area contributed by atoms with Crippen LogP contribution < -0.4 is 10.6 Å². The van der Waals surface area contributed by atoms with Crippen LogP contribution in [0.3, 0.4) is 0 Å². The van der Waals surface area contributed by atoms with Crippen molar-refractivity contribution in [3.63, 3.8) is 0 Å². The van der Waals surface area contributed by atoms with Crippen LogP contribution in [-0.4, -0.2) is 59.5 Å². The lowest BCUT2D eigenvalue weighted by Gasteiger charge is -2.07. The lowest BCUT2D eigenvalue weighted by Crippen LogP contribution is -2.42. The molecule has 0 aliphatic carbocycles. The second-order valence-electron chi connectivity index (χ2n) is 5.16. The van der Waals surface area contributed by atoms with E-state index in [-0.39, 0.29) is 6.54 Å². The number of hydrogen-bond donors (Lipinski definition) is 2. The molecule has 10 nitrogen and oxygen atoms in total. The summed E-state index contributed by atoms with van der Waals surface area (Å²) in [4.78, 5) is 38.7. The summed E-state index contributed by atoms with van der Waals surface area (Å²) >= 11 is 0. The molecule has 0 aliphatic heterocycles. The minimum atomic E-state index is -0.726. The van der Waals surface area contributed by atoms with Gasteiger partial charge in [0.2, 0.25) is 0 Å². The van der Waals surface area contributed by atoms with E-state index in [1.807, 2.05) is 5.32 Å². The Morgan fingerprint density at radius 3 is 2.62 bits per heavy atom. The SMILES string of the molecule is COCCNC(=O)NC(=O)COC(=O)c1ccc(Cn2cncn2)cc1. The van der Waals surface area contributed by atoms with Gasteiger partial charge < -0.3 is 14.8 Å². The van der Waals surface area contributed by atoms with Gasteiger partial charge in [-0.1, -0.05) is 12.1 Å². The predicted octanol–water partition coefficient (Wildman–Crippen LogP) is -0.0446. The van der Waals surface area contributed by atoms with Gasteiger partial charge in [0.05, 0.1) is 18.7 Å². The number of imide groups is 1. The van der Waals surface area contributed by atoms with Crippen molar-refractivity contribution < 1.29 is 23.9 Å². The topological polar surface area (TPSA) is 124 Å². The van der Waals surface area contributed by atoms with Gasteiger partial charge in [-0.3, -0.25) is 10.1 Å². The molecule has 0 unspecified atom stereocenters. The van der Waals surface area contributed by atoms with Crippen LogP contribution in [0.2, 0.25) is 0 Å². The van der Waals surface area contributed by atoms with E-state index >= 15 is 0 Å². The lowest BCUT2D eigenvalue weighted by molar-refractivity contribution is -0.123. The Bertz CT molecular complexity index is 730. The Kier molecular flexibility index (Phi) is 7.25. The summed E-state index contributed by atoms with van der Waals surface area (Å²) in [5.41, 5.74) is 1.22. The molecule has 0 bridgehead atoms. The molecule has 1 aromatic carbocycles. The van der Waals surface area contributed by atoms with Crippen molar-refractivity contribution in [1.29, 1.82) is 0 Å². The standard InChI is InChI=1S/C16H19N5O5/c1-25-7-6-18-16(24)20-14(22)9-26-15(23)13-4-2-12(3-5-13)8-21-11-17-10-19-21/h2-5,10-11H,6-9H2,1H3,(H2,18,20,22,24). The molecule has 0 fully saturated rings. The molecule has 2 N–H and O–H groups in total. The second kappa shape index (κ2) is 9.89. The third-order valence-corrected chi connectivity index (χ3v) is 3.18. The first-order valence-electron chi connectivity index (χ1n) is 7.73. The van der Waals surface area contributed by atoms with Gasteiger partial charge in [-0.05, 0) is 17.7 Å². The summed E-state index contributed by atoms with van der Waals surface area (Å²) in [5.74, 6) is -1.39. The molecule has 0 saturated carbocycles. The summed E-state index contributed by atoms with van der Waals surface area (Å²) in [6.45, 7) is 0.549. The average molecular weight is 361 g/mol. The van der Waals surface area contributed by atoms with E-state index in [9.17, 15) is 14.4 Å². The van der Waals surface area contributed by atoms with Crippen molar-refractivity contribution in [2.24, 2.45) is 0 Å². The van der Waals surface area contributed by atoms with Crippen molar-refractivity contribution in [2.75, 3.05) is 26.9 Å². The quantitative estimate of drug-likeness (QED) is 0.499. The molecule has 2 aromatic rings. The average Bonchev–Trinajstić information content (AvgIpc) is 3.13. The molecule has 0 spiro atoms. The maximum absolute atomic E-state index is 11.9. The number of nitrogens with zero attached hydrogens (tertiary/aromatic N) is 3. The zero-order valence-corrected chi connectivity index (χ0v) is 14.2. The molecule has 0 aliphatic rings. The molecular weight excluding hydrogens is 342 g/mol. The first kappa shape index (κ1) is 19.1. The van der Waals surface area contributed by atoms with E-state index in [1.54, 1.807) is 35.3 Å². The Labute approximate surface area is 149 Å². The van der Waals surface area contributed by atoms with Crippen LogP contribution in [0.25, 0.3) is 0 Å². The highest BCUT2D eigenvalue weighted by molar-refractivity contribution is 5.97. The monoisotopic (exact) mass is 361 g/mol. The molecule has 10 heteroatoms. The summed E-state index contributed by atoms with van der Waals surface area (Å²) in [5, 5.41) is 8.45. The number of urea groups is 1. The van der Waals surface area contributed by atoms with Crippen molar-refractivity contribution >= 4 is 17.9 Å². The Hall–Kier alpha value is -3.27. The lowest BCUT2D eigenvalue weighted by atomic mass is 10.1. The number of ether oxygens (including phenoxy) is 2. The minimum absolute atomic E-state index is 0.260. The molecule has 0 saturated heterocycles. The van der Waals surface area contributed by atoms with Gasteiger partial charge in [0.1, 0.15) is 12.7 Å². The van der Waals surface area contributed by atoms with Crippen molar-refractivity contribution in [2.45, 2.75) is 6.54 Å². The highest BCUT2D eigenvalue weighted by Gasteiger charge is 2.12. The van der Waals surface area contributed by atoms with Crippen LogP contribution in [0, 0.1) is 0 Å². The maximum Gasteiger partial charge on any atom is 0.338 e. The molecule has 138 valence electrons. The highest BCUT2D eigenvalue weighted by Crippen LogP contribution is 2.07. The number of hydrogen-bond acceptors (Lipinski definition) is 7. The molecule has 2 rings (SSSR count). The van der Waals surface area contributed by atoms with Crippen LogP contribution in [0.1, 0.15) is 15.9 Å². The third kappa shape index (κ3) is 6.32. The van der Waals surface area contributed by atoms with E-state index in [4.69, 9.17) is 9.47 Å². The molecular formula is C16H19N5O5. The van der Waals surface area contributed by atoms with Gasteiger partial charge in [0, 0.05) is 13.7 Å². The number of nitrogens with one attached hydrogen (secondary N) is 2.